The summed E-state index contributed by atoms with van der Waals surface area (Å²) in [6.45, 7) is 8.40. The van der Waals surface area contributed by atoms with Crippen LogP contribution in [0.5, 0.6) is 0 Å². The number of amides is 1. The summed E-state index contributed by atoms with van der Waals surface area (Å²) in [5.74, 6) is 0.762. The van der Waals surface area contributed by atoms with Crippen molar-refractivity contribution in [1.82, 2.24) is 15.2 Å². The van der Waals surface area contributed by atoms with Crippen molar-refractivity contribution in [2.75, 3.05) is 31.5 Å². The molecule has 22 heavy (non-hydrogen) atoms. The molecule has 1 amide bonds. The molecule has 5 nitrogen and oxygen atoms in total. The highest BCUT2D eigenvalue weighted by molar-refractivity contribution is 5.95. The highest BCUT2D eigenvalue weighted by Crippen LogP contribution is 2.13. The van der Waals surface area contributed by atoms with Crippen LogP contribution >= 0.6 is 0 Å². The first-order valence-corrected chi connectivity index (χ1v) is 8.46. The monoisotopic (exact) mass is 304 g/mol. The third kappa shape index (κ3) is 4.98. The van der Waals surface area contributed by atoms with Crippen LogP contribution in [0.4, 0.5) is 5.82 Å². The molecule has 0 atom stereocenters. The van der Waals surface area contributed by atoms with Crippen LogP contribution in [-0.2, 0) is 0 Å². The number of rotatable bonds is 7. The second-order valence-corrected chi connectivity index (χ2v) is 5.90. The first-order chi connectivity index (χ1) is 10.7. The minimum absolute atomic E-state index is 0.00793. The molecule has 0 radical (unpaired) electrons. The van der Waals surface area contributed by atoms with Gasteiger partial charge < -0.3 is 15.5 Å². The Labute approximate surface area is 133 Å². The fourth-order valence-electron chi connectivity index (χ4n) is 2.80. The molecule has 1 aromatic heterocycles. The van der Waals surface area contributed by atoms with Gasteiger partial charge in [-0.2, -0.15) is 0 Å². The first-order valence-electron chi connectivity index (χ1n) is 8.46. The third-order valence-corrected chi connectivity index (χ3v) is 4.13. The topological polar surface area (TPSA) is 57.3 Å². The molecule has 0 saturated carbocycles. The summed E-state index contributed by atoms with van der Waals surface area (Å²) in [4.78, 5) is 19.0. The summed E-state index contributed by atoms with van der Waals surface area (Å²) < 4.78 is 0. The molecule has 0 aromatic carbocycles. The Hall–Kier alpha value is -1.62. The van der Waals surface area contributed by atoms with Gasteiger partial charge in [0, 0.05) is 37.4 Å². The zero-order valence-electron chi connectivity index (χ0n) is 13.8. The highest BCUT2D eigenvalue weighted by Gasteiger charge is 2.20. The SMILES string of the molecule is CCCCN1CCC(NC(=O)c2ccnc(NCC)c2)CC1. The van der Waals surface area contributed by atoms with E-state index in [0.717, 1.165) is 38.3 Å². The molecular weight excluding hydrogens is 276 g/mol. The van der Waals surface area contributed by atoms with Crippen molar-refractivity contribution in [2.45, 2.75) is 45.6 Å². The predicted molar refractivity (Wildman–Crippen MR) is 90.2 cm³/mol. The van der Waals surface area contributed by atoms with Gasteiger partial charge in [0.05, 0.1) is 0 Å². The minimum atomic E-state index is 0.00793. The van der Waals surface area contributed by atoms with Crippen LogP contribution < -0.4 is 10.6 Å². The molecule has 2 heterocycles. The van der Waals surface area contributed by atoms with Gasteiger partial charge in [-0.3, -0.25) is 4.79 Å². The van der Waals surface area contributed by atoms with Crippen LogP contribution in [0.3, 0.4) is 0 Å². The van der Waals surface area contributed by atoms with Crippen LogP contribution in [-0.4, -0.2) is 48.0 Å². The van der Waals surface area contributed by atoms with Gasteiger partial charge in [0.2, 0.25) is 0 Å². The number of nitrogens with one attached hydrogen (secondary N) is 2. The maximum absolute atomic E-state index is 12.3. The first kappa shape index (κ1) is 16.7. The van der Waals surface area contributed by atoms with Gasteiger partial charge in [-0.15, -0.1) is 0 Å². The normalized spacial score (nSPS) is 16.5. The number of likely N-dealkylation sites (tertiary alicyclic amines) is 1. The van der Waals surface area contributed by atoms with Crippen LogP contribution in [0.15, 0.2) is 18.3 Å². The number of hydrogen-bond donors (Lipinski definition) is 2. The zero-order valence-corrected chi connectivity index (χ0v) is 13.8. The second kappa shape index (κ2) is 8.73. The lowest BCUT2D eigenvalue weighted by molar-refractivity contribution is 0.0910. The summed E-state index contributed by atoms with van der Waals surface area (Å²) >= 11 is 0. The lowest BCUT2D eigenvalue weighted by Gasteiger charge is -2.32. The molecule has 0 aliphatic carbocycles. The molecule has 2 rings (SSSR count). The Bertz CT molecular complexity index is 469. The Kier molecular flexibility index (Phi) is 6.65. The van der Waals surface area contributed by atoms with Gasteiger partial charge in [-0.25, -0.2) is 4.98 Å². The van der Waals surface area contributed by atoms with Gasteiger partial charge >= 0.3 is 0 Å². The number of carbonyl (C=O) groups is 1. The minimum Gasteiger partial charge on any atom is -0.370 e. The highest BCUT2D eigenvalue weighted by atomic mass is 16.1. The average Bonchev–Trinajstić information content (AvgIpc) is 2.55. The van der Waals surface area contributed by atoms with E-state index in [1.807, 2.05) is 13.0 Å². The molecule has 1 aromatic rings. The molecule has 1 aliphatic heterocycles. The molecule has 1 fully saturated rings. The molecule has 2 N–H and O–H groups in total. The van der Waals surface area contributed by atoms with Gasteiger partial charge in [-0.05, 0) is 44.9 Å². The number of carbonyl (C=O) groups excluding carboxylic acids is 1. The molecule has 0 bridgehead atoms. The average molecular weight is 304 g/mol. The Morgan fingerprint density at radius 1 is 1.36 bits per heavy atom. The maximum atomic E-state index is 12.3. The van der Waals surface area contributed by atoms with Crippen molar-refractivity contribution in [3.63, 3.8) is 0 Å². The standard InChI is InChI=1S/C17H28N4O/c1-3-5-10-21-11-7-15(8-12-21)20-17(22)14-6-9-19-16(13-14)18-4-2/h6,9,13,15H,3-5,7-8,10-12H2,1-2H3,(H,18,19)(H,20,22). The van der Waals surface area contributed by atoms with Crippen molar-refractivity contribution < 1.29 is 4.79 Å². The molecular formula is C17H28N4O. The largest absolute Gasteiger partial charge is 0.370 e. The molecule has 0 spiro atoms. The summed E-state index contributed by atoms with van der Waals surface area (Å²) in [7, 11) is 0. The second-order valence-electron chi connectivity index (χ2n) is 5.90. The number of anilines is 1. The van der Waals surface area contributed by atoms with Gasteiger partial charge in [0.25, 0.3) is 5.91 Å². The van der Waals surface area contributed by atoms with E-state index in [2.05, 4.69) is 27.4 Å². The van der Waals surface area contributed by atoms with Gasteiger partial charge in [-0.1, -0.05) is 13.3 Å². The Balaban J connectivity index is 1.81. The van der Waals surface area contributed by atoms with Crippen LogP contribution in [0.2, 0.25) is 0 Å². The van der Waals surface area contributed by atoms with E-state index < -0.39 is 0 Å². The van der Waals surface area contributed by atoms with Crippen molar-refractivity contribution in [2.24, 2.45) is 0 Å². The van der Waals surface area contributed by atoms with Gasteiger partial charge in [0.15, 0.2) is 0 Å². The number of pyridine rings is 1. The van der Waals surface area contributed by atoms with E-state index in [9.17, 15) is 4.79 Å². The molecule has 1 saturated heterocycles. The summed E-state index contributed by atoms with van der Waals surface area (Å²) in [5.41, 5.74) is 0.680. The molecule has 1 aliphatic rings. The Morgan fingerprint density at radius 3 is 2.82 bits per heavy atom. The fraction of sp³-hybridized carbons (Fsp3) is 0.647. The molecule has 5 heteroatoms. The third-order valence-electron chi connectivity index (χ3n) is 4.13. The van der Waals surface area contributed by atoms with Crippen molar-refractivity contribution in [3.8, 4) is 0 Å². The van der Waals surface area contributed by atoms with E-state index >= 15 is 0 Å². The Morgan fingerprint density at radius 2 is 2.14 bits per heavy atom. The number of hydrogen-bond acceptors (Lipinski definition) is 4. The van der Waals surface area contributed by atoms with E-state index in [-0.39, 0.29) is 5.91 Å². The summed E-state index contributed by atoms with van der Waals surface area (Å²) in [6, 6.07) is 3.88. The number of unbranched alkanes of at least 4 members (excludes halogenated alkanes) is 1. The lowest BCUT2D eigenvalue weighted by Crippen LogP contribution is -2.44. The quantitative estimate of drug-likeness (QED) is 0.812. The predicted octanol–water partition coefficient (Wildman–Crippen LogP) is 2.51. The zero-order chi connectivity index (χ0) is 15.8. The van der Waals surface area contributed by atoms with Crippen molar-refractivity contribution in [1.29, 1.82) is 0 Å². The summed E-state index contributed by atoms with van der Waals surface area (Å²) in [6.07, 6.45) is 6.27. The van der Waals surface area contributed by atoms with Crippen molar-refractivity contribution >= 4 is 11.7 Å². The number of aromatic nitrogens is 1. The number of nitrogens with zero attached hydrogens (tertiary/aromatic N) is 2. The van der Waals surface area contributed by atoms with E-state index in [0.29, 0.717) is 11.6 Å². The van der Waals surface area contributed by atoms with E-state index in [4.69, 9.17) is 0 Å². The molecule has 122 valence electrons. The van der Waals surface area contributed by atoms with Crippen LogP contribution in [0, 0.1) is 0 Å². The number of piperidine rings is 1. The fourth-order valence-corrected chi connectivity index (χ4v) is 2.80. The molecule has 0 unspecified atom stereocenters. The van der Waals surface area contributed by atoms with Crippen molar-refractivity contribution in [3.05, 3.63) is 23.9 Å². The maximum Gasteiger partial charge on any atom is 0.251 e. The lowest BCUT2D eigenvalue weighted by atomic mass is 10.0. The van der Waals surface area contributed by atoms with E-state index in [1.165, 1.54) is 19.4 Å². The summed E-state index contributed by atoms with van der Waals surface area (Å²) in [5, 5.41) is 6.29. The smallest absolute Gasteiger partial charge is 0.251 e. The van der Waals surface area contributed by atoms with E-state index in [1.54, 1.807) is 12.3 Å². The van der Waals surface area contributed by atoms with Crippen LogP contribution in [0.1, 0.15) is 49.9 Å². The van der Waals surface area contributed by atoms with Gasteiger partial charge in [0.1, 0.15) is 5.82 Å². The van der Waals surface area contributed by atoms with Crippen LogP contribution in [0.25, 0.3) is 0 Å².